The van der Waals surface area contributed by atoms with Crippen molar-refractivity contribution in [3.63, 3.8) is 0 Å². The summed E-state index contributed by atoms with van der Waals surface area (Å²) in [6.07, 6.45) is 0. The smallest absolute Gasteiger partial charge is 0.269 e. The molecule has 0 spiro atoms. The van der Waals surface area contributed by atoms with Crippen LogP contribution in [0.5, 0.6) is 0 Å². The van der Waals surface area contributed by atoms with Gasteiger partial charge in [-0.15, -0.1) is 11.8 Å². The van der Waals surface area contributed by atoms with Crippen molar-refractivity contribution >= 4 is 34.8 Å². The standard InChI is InChI=1S/C20H21N3O4S/c1-15(24)16-2-4-17(5-3-16)21-10-12-22(13-11-21)20(25)14-28-19-8-6-18(7-9-19)23(26)27/h2-9H,10-14H2,1H3. The van der Waals surface area contributed by atoms with Gasteiger partial charge in [0.1, 0.15) is 0 Å². The van der Waals surface area contributed by atoms with E-state index in [1.165, 1.54) is 23.9 Å². The molecular weight excluding hydrogens is 378 g/mol. The maximum Gasteiger partial charge on any atom is 0.269 e. The molecule has 28 heavy (non-hydrogen) atoms. The molecular formula is C20H21N3O4S. The zero-order chi connectivity index (χ0) is 20.1. The van der Waals surface area contributed by atoms with Crippen molar-refractivity contribution in [3.8, 4) is 0 Å². The third kappa shape index (κ3) is 4.89. The Kier molecular flexibility index (Phi) is 6.30. The second-order valence-electron chi connectivity index (χ2n) is 6.51. The summed E-state index contributed by atoms with van der Waals surface area (Å²) < 4.78 is 0. The zero-order valence-corrected chi connectivity index (χ0v) is 16.4. The molecule has 0 unspecified atom stereocenters. The van der Waals surface area contributed by atoms with Crippen molar-refractivity contribution in [2.24, 2.45) is 0 Å². The molecule has 8 heteroatoms. The Balaban J connectivity index is 1.48. The van der Waals surface area contributed by atoms with Gasteiger partial charge in [0.25, 0.3) is 5.69 Å². The third-order valence-corrected chi connectivity index (χ3v) is 5.68. The fraction of sp³-hybridized carbons (Fsp3) is 0.300. The van der Waals surface area contributed by atoms with E-state index >= 15 is 0 Å². The van der Waals surface area contributed by atoms with Crippen LogP contribution in [0.1, 0.15) is 17.3 Å². The molecule has 0 bridgehead atoms. The van der Waals surface area contributed by atoms with E-state index < -0.39 is 4.92 Å². The monoisotopic (exact) mass is 399 g/mol. The molecule has 0 atom stereocenters. The topological polar surface area (TPSA) is 83.8 Å². The fourth-order valence-corrected chi connectivity index (χ4v) is 3.82. The number of rotatable bonds is 6. The second kappa shape index (κ2) is 8.88. The summed E-state index contributed by atoms with van der Waals surface area (Å²) in [5.74, 6) is 0.424. The summed E-state index contributed by atoms with van der Waals surface area (Å²) in [6.45, 7) is 4.33. The van der Waals surface area contributed by atoms with Crippen LogP contribution in [-0.4, -0.2) is 53.4 Å². The molecule has 0 aromatic heterocycles. The number of carbonyl (C=O) groups excluding carboxylic acids is 2. The number of Topliss-reactive ketones (excluding diaryl/α,β-unsaturated/α-hetero) is 1. The van der Waals surface area contributed by atoms with Crippen LogP contribution < -0.4 is 4.90 Å². The van der Waals surface area contributed by atoms with Crippen LogP contribution in [0.25, 0.3) is 0 Å². The number of nitro benzene ring substituents is 1. The summed E-state index contributed by atoms with van der Waals surface area (Å²) in [5, 5.41) is 10.7. The first kappa shape index (κ1) is 19.9. The van der Waals surface area contributed by atoms with Crippen LogP contribution >= 0.6 is 11.8 Å². The van der Waals surface area contributed by atoms with E-state index in [1.54, 1.807) is 19.1 Å². The number of carbonyl (C=O) groups is 2. The molecule has 0 aliphatic carbocycles. The number of thioether (sulfide) groups is 1. The quantitative estimate of drug-likeness (QED) is 0.321. The van der Waals surface area contributed by atoms with E-state index in [-0.39, 0.29) is 17.4 Å². The maximum atomic E-state index is 12.5. The minimum Gasteiger partial charge on any atom is -0.368 e. The molecule has 2 aromatic rings. The first-order valence-corrected chi connectivity index (χ1v) is 9.93. The SMILES string of the molecule is CC(=O)c1ccc(N2CCN(C(=O)CSc3ccc([N+](=O)[O-])cc3)CC2)cc1. The van der Waals surface area contributed by atoms with E-state index in [9.17, 15) is 19.7 Å². The van der Waals surface area contributed by atoms with E-state index in [2.05, 4.69) is 4.90 Å². The molecule has 1 heterocycles. The average molecular weight is 399 g/mol. The van der Waals surface area contributed by atoms with Crippen LogP contribution in [-0.2, 0) is 4.79 Å². The highest BCUT2D eigenvalue weighted by Crippen LogP contribution is 2.22. The van der Waals surface area contributed by atoms with Gasteiger partial charge in [0.2, 0.25) is 5.91 Å². The Hall–Kier alpha value is -2.87. The first-order chi connectivity index (χ1) is 13.4. The number of piperazine rings is 1. The van der Waals surface area contributed by atoms with E-state index in [1.807, 2.05) is 29.2 Å². The average Bonchev–Trinajstić information content (AvgIpc) is 2.72. The number of hydrogen-bond donors (Lipinski definition) is 0. The van der Waals surface area contributed by atoms with Crippen molar-refractivity contribution in [3.05, 3.63) is 64.2 Å². The molecule has 1 saturated heterocycles. The summed E-state index contributed by atoms with van der Waals surface area (Å²) in [5.41, 5.74) is 1.79. The van der Waals surface area contributed by atoms with Crippen LogP contribution in [0.4, 0.5) is 11.4 Å². The van der Waals surface area contributed by atoms with Crippen LogP contribution in [0.3, 0.4) is 0 Å². The molecule has 2 aromatic carbocycles. The summed E-state index contributed by atoms with van der Waals surface area (Å²) in [4.78, 5) is 39.0. The van der Waals surface area contributed by atoms with Gasteiger partial charge in [-0.25, -0.2) is 0 Å². The summed E-state index contributed by atoms with van der Waals surface area (Å²) in [7, 11) is 0. The predicted molar refractivity (Wildman–Crippen MR) is 109 cm³/mol. The second-order valence-corrected chi connectivity index (χ2v) is 7.56. The lowest BCUT2D eigenvalue weighted by Gasteiger charge is -2.36. The fourth-order valence-electron chi connectivity index (χ4n) is 3.02. The van der Waals surface area contributed by atoms with Gasteiger partial charge in [-0.3, -0.25) is 19.7 Å². The normalized spacial score (nSPS) is 14.0. The van der Waals surface area contributed by atoms with Crippen molar-refractivity contribution in [1.82, 2.24) is 4.90 Å². The lowest BCUT2D eigenvalue weighted by Crippen LogP contribution is -2.49. The number of anilines is 1. The van der Waals surface area contributed by atoms with Gasteiger partial charge in [0.05, 0.1) is 10.7 Å². The molecule has 7 nitrogen and oxygen atoms in total. The van der Waals surface area contributed by atoms with Crippen LogP contribution in [0.2, 0.25) is 0 Å². The predicted octanol–water partition coefficient (Wildman–Crippen LogP) is 3.24. The van der Waals surface area contributed by atoms with Crippen molar-refractivity contribution < 1.29 is 14.5 Å². The molecule has 0 N–H and O–H groups in total. The minimum absolute atomic E-state index is 0.0446. The number of hydrogen-bond acceptors (Lipinski definition) is 6. The largest absolute Gasteiger partial charge is 0.368 e. The number of benzene rings is 2. The van der Waals surface area contributed by atoms with Crippen molar-refractivity contribution in [1.29, 1.82) is 0 Å². The highest BCUT2D eigenvalue weighted by Gasteiger charge is 2.21. The molecule has 146 valence electrons. The van der Waals surface area contributed by atoms with Gasteiger partial charge >= 0.3 is 0 Å². The highest BCUT2D eigenvalue weighted by molar-refractivity contribution is 8.00. The molecule has 1 aliphatic rings. The van der Waals surface area contributed by atoms with E-state index in [4.69, 9.17) is 0 Å². The van der Waals surface area contributed by atoms with Gasteiger partial charge in [-0.05, 0) is 43.3 Å². The zero-order valence-electron chi connectivity index (χ0n) is 15.5. The van der Waals surface area contributed by atoms with E-state index in [0.717, 1.165) is 23.7 Å². The number of amides is 1. The van der Waals surface area contributed by atoms with Crippen LogP contribution in [0, 0.1) is 10.1 Å². The molecule has 0 radical (unpaired) electrons. The lowest BCUT2D eigenvalue weighted by atomic mass is 10.1. The Bertz CT molecular complexity index is 860. The molecule has 1 fully saturated rings. The summed E-state index contributed by atoms with van der Waals surface area (Å²) >= 11 is 1.38. The third-order valence-electron chi connectivity index (χ3n) is 4.68. The Labute approximate surface area is 167 Å². The Morgan fingerprint density at radius 1 is 1.00 bits per heavy atom. The van der Waals surface area contributed by atoms with Gasteiger partial charge in [0, 0.05) is 54.5 Å². The Morgan fingerprint density at radius 3 is 2.14 bits per heavy atom. The number of non-ortho nitro benzene ring substituents is 1. The minimum atomic E-state index is -0.438. The first-order valence-electron chi connectivity index (χ1n) is 8.95. The molecule has 1 amide bonds. The molecule has 3 rings (SSSR count). The molecule has 1 aliphatic heterocycles. The number of nitrogens with zero attached hydrogens (tertiary/aromatic N) is 3. The van der Waals surface area contributed by atoms with E-state index in [0.29, 0.717) is 24.4 Å². The van der Waals surface area contributed by atoms with Crippen LogP contribution in [0.15, 0.2) is 53.4 Å². The Morgan fingerprint density at radius 2 is 1.61 bits per heavy atom. The van der Waals surface area contributed by atoms with Crippen molar-refractivity contribution in [2.45, 2.75) is 11.8 Å². The number of ketones is 1. The summed E-state index contributed by atoms with van der Waals surface area (Å²) in [6, 6.07) is 13.8. The highest BCUT2D eigenvalue weighted by atomic mass is 32.2. The number of nitro groups is 1. The maximum absolute atomic E-state index is 12.5. The van der Waals surface area contributed by atoms with Gasteiger partial charge in [0.15, 0.2) is 5.78 Å². The van der Waals surface area contributed by atoms with Gasteiger partial charge < -0.3 is 9.80 Å². The lowest BCUT2D eigenvalue weighted by molar-refractivity contribution is -0.384. The molecule has 0 saturated carbocycles. The van der Waals surface area contributed by atoms with Gasteiger partial charge in [-0.1, -0.05) is 0 Å². The van der Waals surface area contributed by atoms with Gasteiger partial charge in [-0.2, -0.15) is 0 Å². The van der Waals surface area contributed by atoms with Crippen molar-refractivity contribution in [2.75, 3.05) is 36.8 Å².